The lowest BCUT2D eigenvalue weighted by Crippen LogP contribution is -2.28. The molecule has 0 aromatic heterocycles. The van der Waals surface area contributed by atoms with Crippen molar-refractivity contribution >= 4 is 5.91 Å². The van der Waals surface area contributed by atoms with Crippen molar-refractivity contribution in [1.82, 2.24) is 5.32 Å². The van der Waals surface area contributed by atoms with E-state index in [0.29, 0.717) is 12.1 Å². The maximum atomic E-state index is 13.3. The second-order valence-corrected chi connectivity index (χ2v) is 3.17. The summed E-state index contributed by atoms with van der Waals surface area (Å²) in [4.78, 5) is 11.1. The van der Waals surface area contributed by atoms with Crippen LogP contribution in [0, 0.1) is 5.82 Å². The van der Waals surface area contributed by atoms with Crippen LogP contribution in [0.2, 0.25) is 0 Å². The number of hydrogen-bond donors (Lipinski definition) is 2. The van der Waals surface area contributed by atoms with Gasteiger partial charge >= 0.3 is 0 Å². The molecule has 0 atom stereocenters. The molecule has 5 heteroatoms. The van der Waals surface area contributed by atoms with Crippen molar-refractivity contribution in [1.29, 1.82) is 0 Å². The van der Waals surface area contributed by atoms with E-state index in [2.05, 4.69) is 5.32 Å². The Morgan fingerprint density at radius 1 is 1.56 bits per heavy atom. The minimum atomic E-state index is -0.587. The number of aliphatic hydroxyl groups is 1. The molecule has 0 aliphatic carbocycles. The maximum absolute atomic E-state index is 13.3. The molecule has 1 rings (SSSR count). The maximum Gasteiger partial charge on any atom is 0.257 e. The zero-order chi connectivity index (χ0) is 12.0. The fourth-order valence-electron chi connectivity index (χ4n) is 1.15. The Hall–Kier alpha value is -1.62. The number of aliphatic hydroxyl groups excluding tert-OH is 1. The first kappa shape index (κ1) is 12.4. The van der Waals surface area contributed by atoms with Gasteiger partial charge in [0.2, 0.25) is 0 Å². The second-order valence-electron chi connectivity index (χ2n) is 3.17. The van der Waals surface area contributed by atoms with Crippen LogP contribution in [0.25, 0.3) is 0 Å². The third-order valence-electron chi connectivity index (χ3n) is 1.91. The predicted molar refractivity (Wildman–Crippen MR) is 56.5 cm³/mol. The van der Waals surface area contributed by atoms with Crippen LogP contribution in [0.4, 0.5) is 4.39 Å². The minimum Gasteiger partial charge on any atom is -0.481 e. The lowest BCUT2D eigenvalue weighted by Gasteiger charge is -2.07. The van der Waals surface area contributed by atoms with Crippen LogP contribution in [0.15, 0.2) is 18.2 Å². The Balaban J connectivity index is 2.57. The summed E-state index contributed by atoms with van der Waals surface area (Å²) >= 11 is 0. The van der Waals surface area contributed by atoms with Gasteiger partial charge in [-0.3, -0.25) is 4.79 Å². The first-order valence-corrected chi connectivity index (χ1v) is 4.96. The highest BCUT2D eigenvalue weighted by atomic mass is 19.1. The number of likely N-dealkylation sites (N-methyl/N-ethyl adjacent to an activating group) is 1. The third-order valence-corrected chi connectivity index (χ3v) is 1.91. The molecule has 0 spiro atoms. The highest BCUT2D eigenvalue weighted by Gasteiger charge is 2.06. The number of nitrogens with one attached hydrogen (secondary N) is 1. The molecule has 2 N–H and O–H groups in total. The number of benzene rings is 1. The molecule has 1 aromatic carbocycles. The molecule has 88 valence electrons. The standard InChI is InChI=1S/C11H14FNO3/c1-2-13-11(15)7-16-10-4-3-8(6-14)5-9(10)12/h3-5,14H,2,6-7H2,1H3,(H,13,15). The van der Waals surface area contributed by atoms with E-state index in [1.54, 1.807) is 6.92 Å². The van der Waals surface area contributed by atoms with Gasteiger partial charge in [-0.25, -0.2) is 4.39 Å². The SMILES string of the molecule is CCNC(=O)COc1ccc(CO)cc1F. The minimum absolute atomic E-state index is 0.00320. The second kappa shape index (κ2) is 6.07. The number of amides is 1. The first-order chi connectivity index (χ1) is 7.67. The highest BCUT2D eigenvalue weighted by molar-refractivity contribution is 5.77. The van der Waals surface area contributed by atoms with E-state index in [4.69, 9.17) is 9.84 Å². The summed E-state index contributed by atoms with van der Waals surface area (Å²) in [5.74, 6) is -0.882. The van der Waals surface area contributed by atoms with Crippen molar-refractivity contribution in [2.24, 2.45) is 0 Å². The Kier molecular flexibility index (Phi) is 4.72. The Morgan fingerprint density at radius 3 is 2.88 bits per heavy atom. The zero-order valence-electron chi connectivity index (χ0n) is 9.00. The van der Waals surface area contributed by atoms with Gasteiger partial charge in [0.1, 0.15) is 0 Å². The molecule has 0 aliphatic rings. The van der Waals surface area contributed by atoms with Crippen LogP contribution >= 0.6 is 0 Å². The summed E-state index contributed by atoms with van der Waals surface area (Å²) < 4.78 is 18.3. The summed E-state index contributed by atoms with van der Waals surface area (Å²) in [6.45, 7) is 1.85. The van der Waals surface area contributed by atoms with Crippen LogP contribution < -0.4 is 10.1 Å². The summed E-state index contributed by atoms with van der Waals surface area (Å²) in [6, 6.07) is 4.10. The molecule has 0 bridgehead atoms. The molecular formula is C11H14FNO3. The largest absolute Gasteiger partial charge is 0.481 e. The van der Waals surface area contributed by atoms with Gasteiger partial charge < -0.3 is 15.2 Å². The fraction of sp³-hybridized carbons (Fsp3) is 0.364. The van der Waals surface area contributed by atoms with Crippen LogP contribution in [-0.2, 0) is 11.4 Å². The quantitative estimate of drug-likeness (QED) is 0.783. The highest BCUT2D eigenvalue weighted by Crippen LogP contribution is 2.18. The number of carbonyl (C=O) groups is 1. The van der Waals surface area contributed by atoms with E-state index in [-0.39, 0.29) is 24.9 Å². The number of carbonyl (C=O) groups excluding carboxylic acids is 1. The van der Waals surface area contributed by atoms with Gasteiger partial charge in [0.05, 0.1) is 6.61 Å². The molecule has 1 amide bonds. The molecule has 0 fully saturated rings. The molecule has 0 aliphatic heterocycles. The van der Waals surface area contributed by atoms with Crippen molar-refractivity contribution in [2.45, 2.75) is 13.5 Å². The van der Waals surface area contributed by atoms with Crippen molar-refractivity contribution < 1.29 is 19.0 Å². The number of rotatable bonds is 5. The smallest absolute Gasteiger partial charge is 0.257 e. The summed E-state index contributed by atoms with van der Waals surface area (Å²) in [5, 5.41) is 11.3. The monoisotopic (exact) mass is 227 g/mol. The van der Waals surface area contributed by atoms with Gasteiger partial charge in [0.15, 0.2) is 18.2 Å². The fourth-order valence-corrected chi connectivity index (χ4v) is 1.15. The van der Waals surface area contributed by atoms with Crippen LogP contribution in [0.5, 0.6) is 5.75 Å². The Bertz CT molecular complexity index is 368. The van der Waals surface area contributed by atoms with E-state index in [1.807, 2.05) is 0 Å². The topological polar surface area (TPSA) is 58.6 Å². The molecule has 0 saturated carbocycles. The zero-order valence-corrected chi connectivity index (χ0v) is 9.00. The summed E-state index contributed by atoms with van der Waals surface area (Å²) in [7, 11) is 0. The predicted octanol–water partition coefficient (Wildman–Crippen LogP) is 0.833. The number of hydrogen-bond acceptors (Lipinski definition) is 3. The lowest BCUT2D eigenvalue weighted by molar-refractivity contribution is -0.123. The Labute approximate surface area is 93.0 Å². The summed E-state index contributed by atoms with van der Waals surface area (Å²) in [5.41, 5.74) is 0.461. The first-order valence-electron chi connectivity index (χ1n) is 4.96. The lowest BCUT2D eigenvalue weighted by atomic mass is 10.2. The van der Waals surface area contributed by atoms with Crippen LogP contribution in [-0.4, -0.2) is 24.2 Å². The normalized spacial score (nSPS) is 9.94. The molecular weight excluding hydrogens is 213 g/mol. The van der Waals surface area contributed by atoms with E-state index in [0.717, 1.165) is 0 Å². The van der Waals surface area contributed by atoms with E-state index >= 15 is 0 Å². The molecule has 0 unspecified atom stereocenters. The molecule has 0 radical (unpaired) electrons. The van der Waals surface area contributed by atoms with Gasteiger partial charge in [-0.1, -0.05) is 6.07 Å². The van der Waals surface area contributed by atoms with Gasteiger partial charge in [0.25, 0.3) is 5.91 Å². The van der Waals surface area contributed by atoms with Crippen molar-refractivity contribution in [2.75, 3.05) is 13.2 Å². The average molecular weight is 227 g/mol. The molecule has 1 aromatic rings. The van der Waals surface area contributed by atoms with Gasteiger partial charge in [-0.15, -0.1) is 0 Å². The number of ether oxygens (including phenoxy) is 1. The average Bonchev–Trinajstić information content (AvgIpc) is 2.27. The molecule has 0 saturated heterocycles. The van der Waals surface area contributed by atoms with E-state index < -0.39 is 5.82 Å². The van der Waals surface area contributed by atoms with Crippen LogP contribution in [0.3, 0.4) is 0 Å². The molecule has 4 nitrogen and oxygen atoms in total. The van der Waals surface area contributed by atoms with Crippen molar-refractivity contribution in [3.05, 3.63) is 29.6 Å². The summed E-state index contributed by atoms with van der Waals surface area (Å²) in [6.07, 6.45) is 0. The molecule has 0 heterocycles. The van der Waals surface area contributed by atoms with Gasteiger partial charge in [0, 0.05) is 6.54 Å². The van der Waals surface area contributed by atoms with Crippen LogP contribution in [0.1, 0.15) is 12.5 Å². The molecule has 16 heavy (non-hydrogen) atoms. The van der Waals surface area contributed by atoms with Gasteiger partial charge in [-0.05, 0) is 24.6 Å². The van der Waals surface area contributed by atoms with Crippen molar-refractivity contribution in [3.8, 4) is 5.75 Å². The van der Waals surface area contributed by atoms with E-state index in [9.17, 15) is 9.18 Å². The van der Waals surface area contributed by atoms with Crippen molar-refractivity contribution in [3.63, 3.8) is 0 Å². The Morgan fingerprint density at radius 2 is 2.31 bits per heavy atom. The third kappa shape index (κ3) is 3.51. The van der Waals surface area contributed by atoms with E-state index in [1.165, 1.54) is 18.2 Å². The van der Waals surface area contributed by atoms with Gasteiger partial charge in [-0.2, -0.15) is 0 Å². The number of halogens is 1.